The summed E-state index contributed by atoms with van der Waals surface area (Å²) in [5.41, 5.74) is 0.949. The van der Waals surface area contributed by atoms with Crippen LogP contribution in [-0.4, -0.2) is 121 Å². The Bertz CT molecular complexity index is 2610. The van der Waals surface area contributed by atoms with Gasteiger partial charge >= 0.3 is 5.97 Å². The van der Waals surface area contributed by atoms with Crippen molar-refractivity contribution in [3.63, 3.8) is 0 Å². The van der Waals surface area contributed by atoms with Crippen LogP contribution in [-0.2, 0) is 49.5 Å². The molecule has 3 heterocycles. The van der Waals surface area contributed by atoms with Gasteiger partial charge in [0.1, 0.15) is 23.9 Å². The Hall–Kier alpha value is -7.64. The number of amides is 8. The predicted octanol–water partition coefficient (Wildman–Crippen LogP) is 4.52. The summed E-state index contributed by atoms with van der Waals surface area (Å²) in [4.78, 5) is 132. The van der Waals surface area contributed by atoms with Gasteiger partial charge in [-0.25, -0.2) is 4.79 Å². The molecule has 4 N–H and O–H groups in total. The summed E-state index contributed by atoms with van der Waals surface area (Å²) in [7, 11) is 3.08. The van der Waals surface area contributed by atoms with Crippen LogP contribution in [0.4, 0.5) is 5.69 Å². The van der Waals surface area contributed by atoms with E-state index in [1.54, 1.807) is 51.3 Å². The van der Waals surface area contributed by atoms with E-state index in [1.807, 2.05) is 19.1 Å². The first-order valence-corrected chi connectivity index (χ1v) is 24.6. The third kappa shape index (κ3) is 13.9. The number of aryl methyl sites for hydroxylation is 1. The molecule has 2 saturated heterocycles. The van der Waals surface area contributed by atoms with Crippen molar-refractivity contribution in [2.75, 3.05) is 45.8 Å². The maximum Gasteiger partial charge on any atom is 0.329 e. The summed E-state index contributed by atoms with van der Waals surface area (Å²) < 4.78 is 22.7. The van der Waals surface area contributed by atoms with Gasteiger partial charge < -0.3 is 39.8 Å². The number of piperidine rings is 2. The number of carbonyl (C=O) groups excluding carboxylic acids is 10. The number of anilines is 1. The van der Waals surface area contributed by atoms with Gasteiger partial charge in [0.25, 0.3) is 23.6 Å². The Balaban J connectivity index is 0.958. The number of fused-ring (bicyclic) bond motifs is 1. The summed E-state index contributed by atoms with van der Waals surface area (Å²) in [6.07, 6.45) is 2.85. The van der Waals surface area contributed by atoms with Crippen LogP contribution in [0.25, 0.3) is 0 Å². The van der Waals surface area contributed by atoms with Crippen molar-refractivity contribution in [3.05, 3.63) is 82.9 Å². The molecule has 3 aliphatic heterocycles. The van der Waals surface area contributed by atoms with Gasteiger partial charge in [-0.2, -0.15) is 0 Å². The molecule has 0 radical (unpaired) electrons. The third-order valence-corrected chi connectivity index (χ3v) is 13.3. The number of unbranched alkanes of at least 4 members (excludes halogenated alkanes) is 1. The fourth-order valence-corrected chi connectivity index (χ4v) is 8.71. The lowest BCUT2D eigenvalue weighted by Crippen LogP contribution is -2.54. The van der Waals surface area contributed by atoms with Crippen molar-refractivity contribution in [1.82, 2.24) is 25.8 Å². The second-order valence-electron chi connectivity index (χ2n) is 18.7. The molecular formula is C53H64N6O14. The highest BCUT2D eigenvalue weighted by Crippen LogP contribution is 2.35. The van der Waals surface area contributed by atoms with Gasteiger partial charge in [0.2, 0.25) is 29.4 Å². The predicted molar refractivity (Wildman–Crippen MR) is 263 cm³/mol. The Kier molecular flexibility index (Phi) is 18.8. The zero-order valence-electron chi connectivity index (χ0n) is 41.9. The van der Waals surface area contributed by atoms with E-state index in [1.165, 1.54) is 30.2 Å². The Morgan fingerprint density at radius 1 is 0.795 bits per heavy atom. The van der Waals surface area contributed by atoms with Gasteiger partial charge in [-0.3, -0.25) is 53.4 Å². The van der Waals surface area contributed by atoms with E-state index < -0.39 is 83.3 Å². The number of ketones is 1. The van der Waals surface area contributed by atoms with Crippen molar-refractivity contribution < 1.29 is 66.9 Å². The van der Waals surface area contributed by atoms with Crippen molar-refractivity contribution in [3.8, 4) is 17.2 Å². The zero-order chi connectivity index (χ0) is 52.8. The maximum absolute atomic E-state index is 14.0. The quantitative estimate of drug-likeness (QED) is 0.0417. The second-order valence-corrected chi connectivity index (χ2v) is 18.7. The number of carbonyl (C=O) groups is 10. The number of rotatable bonds is 24. The van der Waals surface area contributed by atoms with Crippen molar-refractivity contribution in [2.24, 2.45) is 5.41 Å². The first-order chi connectivity index (χ1) is 35.0. The highest BCUT2D eigenvalue weighted by molar-refractivity contribution is 6.38. The molecule has 20 nitrogen and oxygen atoms in total. The van der Waals surface area contributed by atoms with E-state index >= 15 is 0 Å². The number of esters is 1. The molecule has 0 spiro atoms. The van der Waals surface area contributed by atoms with Crippen LogP contribution in [0.1, 0.15) is 129 Å². The molecule has 3 aromatic rings. The lowest BCUT2D eigenvalue weighted by molar-refractivity contribution is -0.164. The van der Waals surface area contributed by atoms with Gasteiger partial charge in [-0.1, -0.05) is 45.0 Å². The zero-order valence-corrected chi connectivity index (χ0v) is 41.9. The Labute approximate surface area is 423 Å². The Morgan fingerprint density at radius 3 is 2.22 bits per heavy atom. The SMILES string of the molecule is CCC(C)(C)C(=O)C(=O)N1CCCC[C@H]1C(=O)O[C@H](CCc1ccc(OC)c(OC)c1)c1cccc(NC(=O)CCC(=O)NCCCCNC(=O)COc2cccc3c2C(=O)N(C2CCC(=O)NC2=O)C3=O)c1. The van der Waals surface area contributed by atoms with Gasteiger partial charge in [0.15, 0.2) is 18.1 Å². The summed E-state index contributed by atoms with van der Waals surface area (Å²) in [5, 5.41) is 10.4. The smallest absolute Gasteiger partial charge is 0.329 e. The summed E-state index contributed by atoms with van der Waals surface area (Å²) in [5.74, 6) is -4.72. The molecule has 3 aromatic carbocycles. The maximum atomic E-state index is 14.0. The van der Waals surface area contributed by atoms with Crippen LogP contribution in [0.2, 0.25) is 0 Å². The molecule has 0 saturated carbocycles. The molecule has 6 rings (SSSR count). The van der Waals surface area contributed by atoms with Gasteiger partial charge in [0, 0.05) is 50.0 Å². The normalized spacial score (nSPS) is 16.9. The molecule has 3 aliphatic rings. The van der Waals surface area contributed by atoms with E-state index in [9.17, 15) is 47.9 Å². The minimum atomic E-state index is -1.14. The van der Waals surface area contributed by atoms with Crippen LogP contribution in [0.3, 0.4) is 0 Å². The molecule has 390 valence electrons. The average Bonchev–Trinajstić information content (AvgIpc) is 3.64. The molecular weight excluding hydrogens is 945 g/mol. The number of methoxy groups -OCH3 is 2. The lowest BCUT2D eigenvalue weighted by atomic mass is 9.84. The van der Waals surface area contributed by atoms with E-state index in [0.29, 0.717) is 74.1 Å². The number of likely N-dealkylation sites (tertiary alicyclic amines) is 1. The van der Waals surface area contributed by atoms with E-state index in [0.717, 1.165) is 10.5 Å². The fraction of sp³-hybridized carbons (Fsp3) is 0.472. The molecule has 1 unspecified atom stereocenters. The molecule has 8 amide bonds. The van der Waals surface area contributed by atoms with Crippen LogP contribution in [0.15, 0.2) is 60.7 Å². The molecule has 73 heavy (non-hydrogen) atoms. The fourth-order valence-electron chi connectivity index (χ4n) is 8.71. The first-order valence-electron chi connectivity index (χ1n) is 24.6. The van der Waals surface area contributed by atoms with Crippen LogP contribution in [0.5, 0.6) is 17.2 Å². The number of nitrogens with zero attached hydrogens (tertiary/aromatic N) is 2. The Morgan fingerprint density at radius 2 is 1.51 bits per heavy atom. The van der Waals surface area contributed by atoms with E-state index in [2.05, 4.69) is 21.3 Å². The highest BCUT2D eigenvalue weighted by Gasteiger charge is 2.46. The van der Waals surface area contributed by atoms with Crippen molar-refractivity contribution in [2.45, 2.75) is 116 Å². The number of hydrogen-bond donors (Lipinski definition) is 4. The highest BCUT2D eigenvalue weighted by atomic mass is 16.5. The first kappa shape index (κ1) is 54.7. The monoisotopic (exact) mass is 1010 g/mol. The number of ether oxygens (including phenoxy) is 4. The van der Waals surface area contributed by atoms with E-state index in [-0.39, 0.29) is 68.1 Å². The molecule has 20 heteroatoms. The second kappa shape index (κ2) is 25.1. The number of imide groups is 2. The van der Waals surface area contributed by atoms with Crippen molar-refractivity contribution in [1.29, 1.82) is 0 Å². The number of Topliss-reactive ketones (excluding diaryl/α,β-unsaturated/α-hetero) is 1. The van der Waals surface area contributed by atoms with Crippen LogP contribution in [0, 0.1) is 5.41 Å². The lowest BCUT2D eigenvalue weighted by Gasteiger charge is -2.36. The summed E-state index contributed by atoms with van der Waals surface area (Å²) in [6.45, 7) is 5.60. The molecule has 0 aliphatic carbocycles. The molecule has 0 bridgehead atoms. The van der Waals surface area contributed by atoms with Gasteiger partial charge in [-0.05, 0) is 105 Å². The summed E-state index contributed by atoms with van der Waals surface area (Å²) >= 11 is 0. The van der Waals surface area contributed by atoms with Crippen LogP contribution >= 0.6 is 0 Å². The molecule has 0 aromatic heterocycles. The molecule has 3 atom stereocenters. The number of hydrogen-bond acceptors (Lipinski definition) is 14. The van der Waals surface area contributed by atoms with Crippen LogP contribution < -0.4 is 35.5 Å². The third-order valence-electron chi connectivity index (χ3n) is 13.3. The number of nitrogens with one attached hydrogen (secondary N) is 4. The van der Waals surface area contributed by atoms with Gasteiger partial charge in [0.05, 0.1) is 25.3 Å². The van der Waals surface area contributed by atoms with Gasteiger partial charge in [-0.15, -0.1) is 0 Å². The minimum Gasteiger partial charge on any atom is -0.493 e. The standard InChI is InChI=1S/C53H64N6O14/c1-6-53(2,3)47(64)51(68)58-28-10-7-16-37(58)52(69)73-38(21-18-32-19-22-39(70-4)41(29-32)71-5)33-13-11-14-34(30-33)56-43(61)25-24-42(60)54-26-8-9-27-55-45(63)31-72-40-17-12-15-35-46(40)50(67)59(49(35)66)36-20-23-44(62)57-48(36)65/h11-15,17,19,22,29-30,36-38H,6-10,16,18,20-21,23-28,31H2,1-5H3,(H,54,60)(H,55,63)(H,56,61)(H,57,62,65)/t36?,37-,38+/m0/s1. The topological polar surface area (TPSA) is 262 Å². The minimum absolute atomic E-state index is 0.000398. The largest absolute Gasteiger partial charge is 0.493 e. The average molecular weight is 1010 g/mol. The van der Waals surface area contributed by atoms with E-state index in [4.69, 9.17) is 18.9 Å². The molecule has 2 fully saturated rings. The number of benzene rings is 3. The van der Waals surface area contributed by atoms with Crippen molar-refractivity contribution >= 4 is 64.7 Å². The summed E-state index contributed by atoms with van der Waals surface area (Å²) in [6, 6.07) is 14.6.